The van der Waals surface area contributed by atoms with Gasteiger partial charge in [0.2, 0.25) is 0 Å². The minimum Gasteiger partial charge on any atom is -0.431 e. The van der Waals surface area contributed by atoms with Gasteiger partial charge in [0.15, 0.2) is 0 Å². The molecule has 30 heavy (non-hydrogen) atoms. The topological polar surface area (TPSA) is 93.4 Å². The van der Waals surface area contributed by atoms with Crippen molar-refractivity contribution in [1.82, 2.24) is 20.2 Å². The second kappa shape index (κ2) is 8.20. The lowest BCUT2D eigenvalue weighted by atomic mass is 9.96. The normalized spacial score (nSPS) is 23.5. The standard InChI is InChI=1S/C22H25N5O2S/c23-21(28)25-15-12-16-5-6-17(13-15)27(16)11-9-14-3-7-18(8-4-14)29-22-26-19-2-1-10-24-20(19)30-22/h1-4,7-8,10,15-17H,5-6,9,11-13H2,(H3,23,25,28)/t15-,16+,17-. The van der Waals surface area contributed by atoms with Crippen molar-refractivity contribution in [3.05, 3.63) is 48.2 Å². The minimum absolute atomic E-state index is 0.227. The van der Waals surface area contributed by atoms with Crippen molar-refractivity contribution in [3.63, 3.8) is 0 Å². The summed E-state index contributed by atoms with van der Waals surface area (Å²) in [5.41, 5.74) is 7.46. The molecule has 2 bridgehead atoms. The van der Waals surface area contributed by atoms with E-state index in [2.05, 4.69) is 32.3 Å². The molecule has 3 atom stereocenters. The number of benzene rings is 1. The number of hydrogen-bond donors (Lipinski definition) is 2. The van der Waals surface area contributed by atoms with Gasteiger partial charge in [-0.1, -0.05) is 23.5 Å². The van der Waals surface area contributed by atoms with E-state index >= 15 is 0 Å². The lowest BCUT2D eigenvalue weighted by Gasteiger charge is -2.39. The molecule has 156 valence electrons. The summed E-state index contributed by atoms with van der Waals surface area (Å²) in [6, 6.07) is 13.0. The Morgan fingerprint density at radius 3 is 2.67 bits per heavy atom. The van der Waals surface area contributed by atoms with E-state index in [4.69, 9.17) is 10.5 Å². The van der Waals surface area contributed by atoms with E-state index in [1.54, 1.807) is 6.20 Å². The number of nitrogens with one attached hydrogen (secondary N) is 1. The van der Waals surface area contributed by atoms with Crippen molar-refractivity contribution in [1.29, 1.82) is 0 Å². The molecule has 2 saturated heterocycles. The Balaban J connectivity index is 1.16. The number of amides is 2. The fraction of sp³-hybridized carbons (Fsp3) is 0.409. The third-order valence-electron chi connectivity index (χ3n) is 6.16. The second-order valence-electron chi connectivity index (χ2n) is 8.10. The highest BCUT2D eigenvalue weighted by Gasteiger charge is 2.40. The summed E-state index contributed by atoms with van der Waals surface area (Å²) in [6.45, 7) is 1.04. The van der Waals surface area contributed by atoms with Crippen LogP contribution in [0.1, 0.15) is 31.2 Å². The van der Waals surface area contributed by atoms with E-state index in [1.807, 2.05) is 24.3 Å². The van der Waals surface area contributed by atoms with Crippen molar-refractivity contribution in [2.75, 3.05) is 6.54 Å². The Morgan fingerprint density at radius 1 is 1.20 bits per heavy atom. The van der Waals surface area contributed by atoms with E-state index in [0.29, 0.717) is 17.3 Å². The van der Waals surface area contributed by atoms with Gasteiger partial charge in [-0.05, 0) is 61.9 Å². The van der Waals surface area contributed by atoms with Crippen LogP contribution in [0.15, 0.2) is 42.6 Å². The van der Waals surface area contributed by atoms with Crippen LogP contribution in [-0.4, -0.2) is 45.6 Å². The molecule has 8 heteroatoms. The summed E-state index contributed by atoms with van der Waals surface area (Å²) in [4.78, 5) is 23.4. The van der Waals surface area contributed by atoms with Crippen LogP contribution in [0.2, 0.25) is 0 Å². The number of aromatic nitrogens is 2. The number of ether oxygens (including phenoxy) is 1. The molecular formula is C22H25N5O2S. The largest absolute Gasteiger partial charge is 0.431 e. The quantitative estimate of drug-likeness (QED) is 0.631. The molecular weight excluding hydrogens is 398 g/mol. The Morgan fingerprint density at radius 2 is 1.97 bits per heavy atom. The zero-order valence-electron chi connectivity index (χ0n) is 16.7. The van der Waals surface area contributed by atoms with Crippen LogP contribution in [0.3, 0.4) is 0 Å². The number of urea groups is 1. The molecule has 0 radical (unpaired) electrons. The van der Waals surface area contributed by atoms with Gasteiger partial charge in [-0.2, -0.15) is 0 Å². The Kier molecular flexibility index (Phi) is 5.26. The van der Waals surface area contributed by atoms with E-state index < -0.39 is 6.03 Å². The average molecular weight is 424 g/mol. The number of rotatable bonds is 6. The molecule has 4 heterocycles. The van der Waals surface area contributed by atoms with Gasteiger partial charge in [-0.3, -0.25) is 4.90 Å². The number of carbonyl (C=O) groups is 1. The maximum Gasteiger partial charge on any atom is 0.312 e. The van der Waals surface area contributed by atoms with Crippen molar-refractivity contribution in [2.45, 2.75) is 50.2 Å². The van der Waals surface area contributed by atoms with Crippen molar-refractivity contribution < 1.29 is 9.53 Å². The predicted molar refractivity (Wildman–Crippen MR) is 117 cm³/mol. The van der Waals surface area contributed by atoms with Gasteiger partial charge in [0.25, 0.3) is 5.19 Å². The number of fused-ring (bicyclic) bond motifs is 3. The first kappa shape index (κ1) is 19.3. The zero-order chi connectivity index (χ0) is 20.5. The van der Waals surface area contributed by atoms with Crippen LogP contribution < -0.4 is 15.8 Å². The van der Waals surface area contributed by atoms with Crippen molar-refractivity contribution in [2.24, 2.45) is 5.73 Å². The second-order valence-corrected chi connectivity index (χ2v) is 9.04. The highest BCUT2D eigenvalue weighted by molar-refractivity contribution is 7.19. The maximum absolute atomic E-state index is 11.2. The first-order valence-electron chi connectivity index (χ1n) is 10.4. The molecule has 2 amide bonds. The fourth-order valence-electron chi connectivity index (χ4n) is 4.84. The van der Waals surface area contributed by atoms with Crippen molar-refractivity contribution >= 4 is 27.7 Å². The van der Waals surface area contributed by atoms with Crippen LogP contribution in [-0.2, 0) is 6.42 Å². The van der Waals surface area contributed by atoms with E-state index in [1.165, 1.54) is 29.7 Å². The number of pyridine rings is 1. The van der Waals surface area contributed by atoms with Crippen LogP contribution in [0.25, 0.3) is 10.3 Å². The molecule has 1 aromatic carbocycles. The first-order chi connectivity index (χ1) is 14.6. The molecule has 5 rings (SSSR count). The van der Waals surface area contributed by atoms with Gasteiger partial charge in [-0.25, -0.2) is 14.8 Å². The summed E-state index contributed by atoms with van der Waals surface area (Å²) in [5.74, 6) is 0.788. The number of thiazole rings is 1. The number of nitrogens with zero attached hydrogens (tertiary/aromatic N) is 3. The summed E-state index contributed by atoms with van der Waals surface area (Å²) in [5, 5.41) is 3.51. The Bertz CT molecular complexity index is 990. The van der Waals surface area contributed by atoms with E-state index in [9.17, 15) is 4.79 Å². The Labute approximate surface area is 179 Å². The van der Waals surface area contributed by atoms with Gasteiger partial charge in [0.1, 0.15) is 16.1 Å². The van der Waals surface area contributed by atoms with Crippen LogP contribution in [0, 0.1) is 0 Å². The number of primary amides is 1. The fourth-order valence-corrected chi connectivity index (χ4v) is 5.61. The number of hydrogen-bond acceptors (Lipinski definition) is 6. The van der Waals surface area contributed by atoms with Crippen LogP contribution >= 0.6 is 11.3 Å². The molecule has 0 spiro atoms. The molecule has 2 aromatic heterocycles. The molecule has 2 aliphatic heterocycles. The average Bonchev–Trinajstić information content (AvgIpc) is 3.24. The third-order valence-corrected chi connectivity index (χ3v) is 7.02. The smallest absolute Gasteiger partial charge is 0.312 e. The lowest BCUT2D eigenvalue weighted by Crippen LogP contribution is -2.51. The van der Waals surface area contributed by atoms with Gasteiger partial charge in [0, 0.05) is 30.9 Å². The third kappa shape index (κ3) is 4.11. The number of carbonyl (C=O) groups excluding carboxylic acids is 1. The molecule has 0 saturated carbocycles. The van der Waals surface area contributed by atoms with Gasteiger partial charge in [0.05, 0.1) is 0 Å². The molecule has 0 aliphatic carbocycles. The first-order valence-corrected chi connectivity index (χ1v) is 11.3. The lowest BCUT2D eigenvalue weighted by molar-refractivity contribution is 0.121. The highest BCUT2D eigenvalue weighted by Crippen LogP contribution is 2.36. The van der Waals surface area contributed by atoms with Crippen LogP contribution in [0.5, 0.6) is 10.9 Å². The number of nitrogens with two attached hydrogens (primary N) is 1. The monoisotopic (exact) mass is 423 g/mol. The van der Waals surface area contributed by atoms with E-state index in [0.717, 1.165) is 41.9 Å². The zero-order valence-corrected chi connectivity index (χ0v) is 17.5. The summed E-state index contributed by atoms with van der Waals surface area (Å²) in [6.07, 6.45) is 7.21. The summed E-state index contributed by atoms with van der Waals surface area (Å²) >= 11 is 1.45. The van der Waals surface area contributed by atoms with Gasteiger partial charge >= 0.3 is 6.03 Å². The molecule has 3 aromatic rings. The van der Waals surface area contributed by atoms with E-state index in [-0.39, 0.29) is 6.04 Å². The molecule has 0 unspecified atom stereocenters. The van der Waals surface area contributed by atoms with Crippen molar-refractivity contribution in [3.8, 4) is 10.9 Å². The molecule has 2 aliphatic rings. The molecule has 3 N–H and O–H groups in total. The Hall–Kier alpha value is -2.71. The summed E-state index contributed by atoms with van der Waals surface area (Å²) < 4.78 is 5.91. The SMILES string of the molecule is NC(=O)N[C@H]1C[C@H]2CC[C@@H](C1)N2CCc1ccc(Oc2nc3cccnc3s2)cc1. The predicted octanol–water partition coefficient (Wildman–Crippen LogP) is 3.69. The van der Waals surface area contributed by atoms with Gasteiger partial charge in [-0.15, -0.1) is 0 Å². The summed E-state index contributed by atoms with van der Waals surface area (Å²) in [7, 11) is 0. The van der Waals surface area contributed by atoms with Gasteiger partial charge < -0.3 is 15.8 Å². The number of piperidine rings is 1. The minimum atomic E-state index is -0.405. The highest BCUT2D eigenvalue weighted by atomic mass is 32.1. The maximum atomic E-state index is 11.2. The van der Waals surface area contributed by atoms with Crippen LogP contribution in [0.4, 0.5) is 4.79 Å². The molecule has 7 nitrogen and oxygen atoms in total. The molecule has 2 fully saturated rings.